The molecule has 3 unspecified atom stereocenters. The van der Waals surface area contributed by atoms with Gasteiger partial charge in [-0.2, -0.15) is 4.98 Å². The molecule has 2 saturated carbocycles. The first-order chi connectivity index (χ1) is 9.38. The van der Waals surface area contributed by atoms with E-state index in [4.69, 9.17) is 4.52 Å². The third-order valence-corrected chi connectivity index (χ3v) is 5.12. The molecule has 3 atom stereocenters. The molecule has 2 heterocycles. The smallest absolute Gasteiger partial charge is 0.240 e. The van der Waals surface area contributed by atoms with Crippen molar-refractivity contribution in [1.29, 1.82) is 0 Å². The van der Waals surface area contributed by atoms with Crippen molar-refractivity contribution in [3.8, 4) is 0 Å². The number of hydrogen-bond donors (Lipinski definition) is 1. The summed E-state index contributed by atoms with van der Waals surface area (Å²) in [7, 11) is 0. The Hall–Kier alpha value is -0.940. The zero-order chi connectivity index (χ0) is 12.7. The largest absolute Gasteiger partial charge is 0.338 e. The van der Waals surface area contributed by atoms with E-state index in [1.165, 1.54) is 25.7 Å². The van der Waals surface area contributed by atoms with E-state index in [2.05, 4.69) is 20.4 Å². The highest BCUT2D eigenvalue weighted by Gasteiger charge is 2.42. The maximum absolute atomic E-state index is 5.46. The molecule has 5 nitrogen and oxygen atoms in total. The van der Waals surface area contributed by atoms with Crippen molar-refractivity contribution in [2.75, 3.05) is 26.2 Å². The summed E-state index contributed by atoms with van der Waals surface area (Å²) in [6, 6.07) is 0. The minimum atomic E-state index is 0.583. The van der Waals surface area contributed by atoms with Crippen LogP contribution in [0.15, 0.2) is 4.52 Å². The summed E-state index contributed by atoms with van der Waals surface area (Å²) in [6.45, 7) is 5.09. The van der Waals surface area contributed by atoms with E-state index < -0.39 is 0 Å². The molecule has 1 aliphatic heterocycles. The van der Waals surface area contributed by atoms with Crippen molar-refractivity contribution in [1.82, 2.24) is 20.4 Å². The van der Waals surface area contributed by atoms with Gasteiger partial charge >= 0.3 is 0 Å². The predicted octanol–water partition coefficient (Wildman–Crippen LogP) is 1.38. The van der Waals surface area contributed by atoms with Crippen LogP contribution in [0.3, 0.4) is 0 Å². The topological polar surface area (TPSA) is 54.2 Å². The van der Waals surface area contributed by atoms with Crippen molar-refractivity contribution < 1.29 is 4.52 Å². The Kier molecular flexibility index (Phi) is 3.04. The lowest BCUT2D eigenvalue weighted by molar-refractivity contribution is 0.203. The lowest BCUT2D eigenvalue weighted by Gasteiger charge is -2.25. The SMILES string of the molecule is C1CN(Cc2nc(C3CC4CCC3C4)no2)CCN1. The maximum atomic E-state index is 5.46. The summed E-state index contributed by atoms with van der Waals surface area (Å²) in [6.07, 6.45) is 5.48. The number of aromatic nitrogens is 2. The average Bonchev–Trinajstić information content (AvgIpc) is 3.15. The molecule has 0 amide bonds. The second-order valence-electron chi connectivity index (χ2n) is 6.35. The Morgan fingerprint density at radius 1 is 1.21 bits per heavy atom. The molecular formula is C14H22N4O. The van der Waals surface area contributed by atoms with Crippen LogP contribution in [0.4, 0.5) is 0 Å². The zero-order valence-corrected chi connectivity index (χ0v) is 11.3. The monoisotopic (exact) mass is 262 g/mol. The summed E-state index contributed by atoms with van der Waals surface area (Å²) >= 11 is 0. The van der Waals surface area contributed by atoms with E-state index in [1.54, 1.807) is 0 Å². The minimum absolute atomic E-state index is 0.583. The molecule has 2 aliphatic carbocycles. The molecule has 1 saturated heterocycles. The molecule has 1 aromatic heterocycles. The van der Waals surface area contributed by atoms with Crippen LogP contribution < -0.4 is 5.32 Å². The number of piperazine rings is 1. The summed E-state index contributed by atoms with van der Waals surface area (Å²) in [5, 5.41) is 7.61. The Bertz CT molecular complexity index is 440. The number of nitrogens with one attached hydrogen (secondary N) is 1. The van der Waals surface area contributed by atoms with E-state index in [-0.39, 0.29) is 0 Å². The highest BCUT2D eigenvalue weighted by molar-refractivity contribution is 5.06. The van der Waals surface area contributed by atoms with Gasteiger partial charge in [-0.05, 0) is 31.1 Å². The third kappa shape index (κ3) is 2.30. The van der Waals surface area contributed by atoms with Gasteiger partial charge in [-0.15, -0.1) is 0 Å². The molecule has 2 bridgehead atoms. The summed E-state index contributed by atoms with van der Waals surface area (Å²) in [5.74, 6) is 4.14. The van der Waals surface area contributed by atoms with Crippen molar-refractivity contribution in [3.05, 3.63) is 11.7 Å². The molecule has 0 aromatic carbocycles. The molecular weight excluding hydrogens is 240 g/mol. The second-order valence-corrected chi connectivity index (χ2v) is 6.35. The molecule has 3 aliphatic rings. The highest BCUT2D eigenvalue weighted by atomic mass is 16.5. The number of nitrogens with zero attached hydrogens (tertiary/aromatic N) is 3. The third-order valence-electron chi connectivity index (χ3n) is 5.12. The lowest BCUT2D eigenvalue weighted by atomic mass is 9.88. The van der Waals surface area contributed by atoms with Crippen LogP contribution in [0.1, 0.15) is 43.3 Å². The summed E-state index contributed by atoms with van der Waals surface area (Å²) in [5.41, 5.74) is 0. The molecule has 0 spiro atoms. The maximum Gasteiger partial charge on any atom is 0.240 e. The molecule has 104 valence electrons. The average molecular weight is 262 g/mol. The summed E-state index contributed by atoms with van der Waals surface area (Å²) in [4.78, 5) is 7.05. The van der Waals surface area contributed by atoms with Gasteiger partial charge in [0.05, 0.1) is 6.54 Å². The van der Waals surface area contributed by atoms with Gasteiger partial charge in [0.1, 0.15) is 0 Å². The van der Waals surface area contributed by atoms with E-state index in [0.717, 1.165) is 56.3 Å². The summed E-state index contributed by atoms with van der Waals surface area (Å²) < 4.78 is 5.46. The Balaban J connectivity index is 1.41. The molecule has 3 fully saturated rings. The van der Waals surface area contributed by atoms with Crippen molar-refractivity contribution in [2.45, 2.75) is 38.1 Å². The normalized spacial score (nSPS) is 35.1. The lowest BCUT2D eigenvalue weighted by Crippen LogP contribution is -2.42. The Morgan fingerprint density at radius 2 is 2.11 bits per heavy atom. The van der Waals surface area contributed by atoms with Gasteiger partial charge in [-0.1, -0.05) is 11.6 Å². The molecule has 1 N–H and O–H groups in total. The highest BCUT2D eigenvalue weighted by Crippen LogP contribution is 2.52. The van der Waals surface area contributed by atoms with Gasteiger partial charge in [-0.3, -0.25) is 4.90 Å². The van der Waals surface area contributed by atoms with Crippen LogP contribution >= 0.6 is 0 Å². The van der Waals surface area contributed by atoms with Crippen LogP contribution in [0, 0.1) is 11.8 Å². The second kappa shape index (κ2) is 4.87. The Labute approximate surface area is 113 Å². The van der Waals surface area contributed by atoms with Gasteiger partial charge in [-0.25, -0.2) is 0 Å². The van der Waals surface area contributed by atoms with Gasteiger partial charge in [0.15, 0.2) is 5.82 Å². The van der Waals surface area contributed by atoms with Crippen molar-refractivity contribution >= 4 is 0 Å². The number of fused-ring (bicyclic) bond motifs is 2. The minimum Gasteiger partial charge on any atom is -0.338 e. The zero-order valence-electron chi connectivity index (χ0n) is 11.3. The fraction of sp³-hybridized carbons (Fsp3) is 0.857. The molecule has 19 heavy (non-hydrogen) atoms. The quantitative estimate of drug-likeness (QED) is 0.892. The van der Waals surface area contributed by atoms with Crippen LogP contribution in [-0.4, -0.2) is 41.2 Å². The van der Waals surface area contributed by atoms with E-state index in [0.29, 0.717) is 5.92 Å². The number of rotatable bonds is 3. The van der Waals surface area contributed by atoms with Gasteiger partial charge < -0.3 is 9.84 Å². The molecule has 1 aromatic rings. The molecule has 5 heteroatoms. The van der Waals surface area contributed by atoms with E-state index in [9.17, 15) is 0 Å². The Morgan fingerprint density at radius 3 is 2.84 bits per heavy atom. The van der Waals surface area contributed by atoms with Gasteiger partial charge in [0.25, 0.3) is 0 Å². The van der Waals surface area contributed by atoms with Gasteiger partial charge in [0.2, 0.25) is 5.89 Å². The van der Waals surface area contributed by atoms with Crippen LogP contribution in [0.25, 0.3) is 0 Å². The first-order valence-corrected chi connectivity index (χ1v) is 7.64. The fourth-order valence-corrected chi connectivity index (χ4v) is 4.10. The van der Waals surface area contributed by atoms with E-state index >= 15 is 0 Å². The van der Waals surface area contributed by atoms with Crippen LogP contribution in [0.5, 0.6) is 0 Å². The first-order valence-electron chi connectivity index (χ1n) is 7.64. The number of hydrogen-bond acceptors (Lipinski definition) is 5. The van der Waals surface area contributed by atoms with Gasteiger partial charge in [0, 0.05) is 32.1 Å². The molecule has 4 rings (SSSR count). The standard InChI is InChI=1S/C14H22N4O/c1-2-11-7-10(1)8-12(11)14-16-13(19-17-14)9-18-5-3-15-4-6-18/h10-12,15H,1-9H2. The fourth-order valence-electron chi connectivity index (χ4n) is 4.10. The van der Waals surface area contributed by atoms with E-state index in [1.807, 2.05) is 0 Å². The first kappa shape index (κ1) is 11.9. The van der Waals surface area contributed by atoms with Crippen LogP contribution in [0.2, 0.25) is 0 Å². The van der Waals surface area contributed by atoms with Crippen molar-refractivity contribution in [2.24, 2.45) is 11.8 Å². The predicted molar refractivity (Wildman–Crippen MR) is 70.6 cm³/mol. The van der Waals surface area contributed by atoms with Crippen molar-refractivity contribution in [3.63, 3.8) is 0 Å². The van der Waals surface area contributed by atoms with Crippen LogP contribution in [-0.2, 0) is 6.54 Å². The molecule has 0 radical (unpaired) electrons.